The molecule has 2 aromatic rings. The van der Waals surface area contributed by atoms with E-state index in [1.165, 1.54) is 25.2 Å². The van der Waals surface area contributed by atoms with E-state index in [0.29, 0.717) is 35.4 Å². The highest BCUT2D eigenvalue weighted by Crippen LogP contribution is 2.53. The predicted molar refractivity (Wildman–Crippen MR) is 178 cm³/mol. The molecule has 0 aromatic heterocycles. The third-order valence-corrected chi connectivity index (χ3v) is 9.91. The zero-order valence-corrected chi connectivity index (χ0v) is 28.4. The zero-order chi connectivity index (χ0) is 36.1. The van der Waals surface area contributed by atoms with Gasteiger partial charge in [-0.3, -0.25) is 24.1 Å². The molecule has 0 radical (unpaired) electrons. The van der Waals surface area contributed by atoms with E-state index in [4.69, 9.17) is 15.2 Å². The summed E-state index contributed by atoms with van der Waals surface area (Å²) in [5, 5.41) is 48.8. The number of carbonyl (C=O) groups excluding carboxylic acids is 4. The second kappa shape index (κ2) is 13.3. The Bertz CT molecular complexity index is 1790. The lowest BCUT2D eigenvalue weighted by atomic mass is 9.58. The highest BCUT2D eigenvalue weighted by atomic mass is 16.5. The molecule has 0 fully saturated rings. The lowest BCUT2D eigenvalue weighted by Crippen LogP contribution is -2.63. The first-order valence-electron chi connectivity index (χ1n) is 16.1. The van der Waals surface area contributed by atoms with Crippen molar-refractivity contribution in [3.8, 4) is 22.6 Å². The molecule has 49 heavy (non-hydrogen) atoms. The molecule has 13 heteroatoms. The molecule has 5 atom stereocenters. The highest BCUT2D eigenvalue weighted by Gasteiger charge is 2.63. The number of likely N-dealkylation sites (N-methyl/N-ethyl adjacent to an activating group) is 1. The van der Waals surface area contributed by atoms with Crippen molar-refractivity contribution in [2.45, 2.75) is 57.3 Å². The van der Waals surface area contributed by atoms with Crippen molar-refractivity contribution in [1.29, 1.82) is 0 Å². The number of amides is 1. The van der Waals surface area contributed by atoms with Gasteiger partial charge in [-0.25, -0.2) is 0 Å². The number of primary amides is 1. The maximum Gasteiger partial charge on any atom is 0.322 e. The molecule has 7 N–H and O–H groups in total. The molecule has 262 valence electrons. The summed E-state index contributed by atoms with van der Waals surface area (Å²) < 4.78 is 10.7. The molecule has 13 nitrogen and oxygen atoms in total. The molecule has 1 amide bonds. The number of fused-ring (bicyclic) bond motifs is 3. The van der Waals surface area contributed by atoms with Crippen LogP contribution in [0.3, 0.4) is 0 Å². The number of aromatic hydroxyl groups is 1. The number of nitrogens with one attached hydrogen (secondary N) is 1. The Balaban J connectivity index is 1.61. The van der Waals surface area contributed by atoms with E-state index in [9.17, 15) is 39.6 Å². The number of phenols is 1. The van der Waals surface area contributed by atoms with Crippen LogP contribution in [0.25, 0.3) is 11.1 Å². The van der Waals surface area contributed by atoms with Gasteiger partial charge >= 0.3 is 5.97 Å². The van der Waals surface area contributed by atoms with Crippen molar-refractivity contribution in [2.24, 2.45) is 23.5 Å². The van der Waals surface area contributed by atoms with Crippen LogP contribution in [0.2, 0.25) is 0 Å². The van der Waals surface area contributed by atoms with E-state index in [-0.39, 0.29) is 41.6 Å². The van der Waals surface area contributed by atoms with Crippen LogP contribution in [0.5, 0.6) is 11.5 Å². The average Bonchev–Trinajstić information content (AvgIpc) is 3.03. The molecule has 0 heterocycles. The summed E-state index contributed by atoms with van der Waals surface area (Å²) in [5.41, 5.74) is 3.95. The maximum atomic E-state index is 14.2. The quantitative estimate of drug-likeness (QED) is 0.158. The third-order valence-electron chi connectivity index (χ3n) is 9.91. The second-order valence-corrected chi connectivity index (χ2v) is 13.6. The van der Waals surface area contributed by atoms with Gasteiger partial charge < -0.3 is 41.0 Å². The Labute approximate surface area is 284 Å². The fourth-order valence-corrected chi connectivity index (χ4v) is 7.70. The SMILES string of the molecule is COC(=O)C(CC(C)C)NCc1ccc(OC)c(-c2ccc(O)c3c2C[C@@H]2C[C@@H]4[C@H](N(C)C)C(O)=C(C(N)=O)C(=O)[C@@]4(O)C(O)=C2C3=O)c1. The number of aliphatic hydroxyl groups excluding tert-OH is 2. The van der Waals surface area contributed by atoms with Gasteiger partial charge in [-0.05, 0) is 80.1 Å². The second-order valence-electron chi connectivity index (χ2n) is 13.6. The minimum absolute atomic E-state index is 0.0350. The van der Waals surface area contributed by atoms with Crippen molar-refractivity contribution in [2.75, 3.05) is 28.3 Å². The number of esters is 1. The van der Waals surface area contributed by atoms with Gasteiger partial charge in [0.1, 0.15) is 34.6 Å². The minimum Gasteiger partial charge on any atom is -0.510 e. The molecule has 2 aromatic carbocycles. The number of hydrogen-bond donors (Lipinski definition) is 6. The predicted octanol–water partition coefficient (Wildman–Crippen LogP) is 2.47. The van der Waals surface area contributed by atoms with Crippen LogP contribution in [0.1, 0.15) is 48.2 Å². The number of benzene rings is 2. The number of hydrogen-bond acceptors (Lipinski definition) is 12. The van der Waals surface area contributed by atoms with Crippen molar-refractivity contribution in [3.63, 3.8) is 0 Å². The molecule has 0 saturated heterocycles. The molecule has 0 spiro atoms. The van der Waals surface area contributed by atoms with Crippen LogP contribution in [0, 0.1) is 17.8 Å². The molecule has 0 saturated carbocycles. The van der Waals surface area contributed by atoms with Gasteiger partial charge in [0.2, 0.25) is 5.78 Å². The topological polar surface area (TPSA) is 209 Å². The number of ether oxygens (including phenoxy) is 2. The lowest BCUT2D eigenvalue weighted by molar-refractivity contribution is -0.148. The lowest BCUT2D eigenvalue weighted by Gasteiger charge is -2.50. The molecular formula is C36H43N3O10. The summed E-state index contributed by atoms with van der Waals surface area (Å²) in [4.78, 5) is 53.9. The fourth-order valence-electron chi connectivity index (χ4n) is 7.70. The van der Waals surface area contributed by atoms with Gasteiger partial charge in [0.25, 0.3) is 5.91 Å². The van der Waals surface area contributed by atoms with Gasteiger partial charge in [-0.2, -0.15) is 0 Å². The summed E-state index contributed by atoms with van der Waals surface area (Å²) in [6.07, 6.45) is 0.649. The molecule has 3 aliphatic carbocycles. The Morgan fingerprint density at radius 1 is 1.08 bits per heavy atom. The summed E-state index contributed by atoms with van der Waals surface area (Å²) >= 11 is 0. The van der Waals surface area contributed by atoms with Gasteiger partial charge in [0, 0.05) is 23.6 Å². The first kappa shape index (κ1) is 35.6. The molecule has 3 aliphatic rings. The molecule has 1 unspecified atom stereocenters. The summed E-state index contributed by atoms with van der Waals surface area (Å²) in [7, 11) is 6.00. The smallest absolute Gasteiger partial charge is 0.322 e. The standard InChI is InChI=1S/C36H43N3O10/c1-16(2)11-23(35(46)49-6)38-15-17-7-10-25(48-5)20(12-17)19-8-9-24(40)27-21(19)13-18-14-22-29(39(3)4)31(42)28(34(37)45)33(44)36(22,47)32(43)26(18)30(27)41/h7-10,12,16,18,22-23,29,38,40,42-43,47H,11,13-15H2,1-6H3,(H2,37,45)/t18-,22-,23?,29+,36+/m1/s1. The summed E-state index contributed by atoms with van der Waals surface area (Å²) in [6.45, 7) is 4.34. The Kier molecular flexibility index (Phi) is 9.66. The number of Topliss-reactive ketones (excluding diaryl/α,β-unsaturated/α-hetero) is 2. The van der Waals surface area contributed by atoms with Gasteiger partial charge in [-0.1, -0.05) is 26.0 Å². The first-order valence-corrected chi connectivity index (χ1v) is 16.1. The maximum absolute atomic E-state index is 14.2. The van der Waals surface area contributed by atoms with Crippen LogP contribution in [-0.4, -0.2) is 94.8 Å². The van der Waals surface area contributed by atoms with Crippen molar-refractivity contribution < 1.29 is 49.1 Å². The van der Waals surface area contributed by atoms with E-state index in [2.05, 4.69) is 5.32 Å². The number of allylic oxidation sites excluding steroid dienone is 1. The van der Waals surface area contributed by atoms with Crippen molar-refractivity contribution >= 4 is 23.4 Å². The largest absolute Gasteiger partial charge is 0.510 e. The van der Waals surface area contributed by atoms with E-state index in [0.717, 1.165) is 5.56 Å². The van der Waals surface area contributed by atoms with E-state index >= 15 is 0 Å². The van der Waals surface area contributed by atoms with E-state index < -0.39 is 64.1 Å². The van der Waals surface area contributed by atoms with Crippen LogP contribution in [-0.2, 0) is 32.1 Å². The third kappa shape index (κ3) is 5.85. The molecule has 0 aliphatic heterocycles. The van der Waals surface area contributed by atoms with Crippen LogP contribution in [0.4, 0.5) is 0 Å². The summed E-state index contributed by atoms with van der Waals surface area (Å²) in [6, 6.07) is 6.88. The Morgan fingerprint density at radius 2 is 1.78 bits per heavy atom. The number of ketones is 2. The highest BCUT2D eigenvalue weighted by molar-refractivity contribution is 6.25. The zero-order valence-electron chi connectivity index (χ0n) is 28.4. The monoisotopic (exact) mass is 677 g/mol. The van der Waals surface area contributed by atoms with Gasteiger partial charge in [0.15, 0.2) is 11.4 Å². The minimum atomic E-state index is -2.72. The van der Waals surface area contributed by atoms with Gasteiger partial charge in [0.05, 0.1) is 25.8 Å². The molecule has 5 rings (SSSR count). The van der Waals surface area contributed by atoms with E-state index in [1.54, 1.807) is 26.2 Å². The fraction of sp³-hybridized carbons (Fsp3) is 0.444. The van der Waals surface area contributed by atoms with Crippen LogP contribution >= 0.6 is 0 Å². The number of methoxy groups -OCH3 is 2. The number of phenolic OH excluding ortho intramolecular Hbond substituents is 1. The number of nitrogens with two attached hydrogens (primary N) is 1. The first-order chi connectivity index (χ1) is 23.1. The normalized spacial score (nSPS) is 24.1. The molecular weight excluding hydrogens is 634 g/mol. The number of carbonyl (C=O) groups is 4. The Hall–Kier alpha value is -4.72. The van der Waals surface area contributed by atoms with Gasteiger partial charge in [-0.15, -0.1) is 0 Å². The van der Waals surface area contributed by atoms with Crippen LogP contribution in [0.15, 0.2) is 53.0 Å². The van der Waals surface area contributed by atoms with Crippen LogP contribution < -0.4 is 15.8 Å². The Morgan fingerprint density at radius 3 is 2.37 bits per heavy atom. The average molecular weight is 678 g/mol. The summed E-state index contributed by atoms with van der Waals surface area (Å²) in [5.74, 6) is -6.80. The number of nitrogens with zero attached hydrogens (tertiary/aromatic N) is 1. The van der Waals surface area contributed by atoms with Crippen molar-refractivity contribution in [1.82, 2.24) is 10.2 Å². The number of rotatable bonds is 10. The van der Waals surface area contributed by atoms with E-state index in [1.807, 2.05) is 26.0 Å². The van der Waals surface area contributed by atoms with Crippen molar-refractivity contribution in [3.05, 3.63) is 69.7 Å². The number of aliphatic hydroxyl groups is 3. The molecule has 0 bridgehead atoms.